The predicted molar refractivity (Wildman–Crippen MR) is 67.7 cm³/mol. The van der Waals surface area contributed by atoms with Crippen molar-refractivity contribution in [1.82, 2.24) is 14.9 Å². The van der Waals surface area contributed by atoms with Crippen molar-refractivity contribution >= 4 is 11.3 Å². The van der Waals surface area contributed by atoms with Crippen LogP contribution in [0.5, 0.6) is 0 Å². The third-order valence-electron chi connectivity index (χ3n) is 2.66. The Morgan fingerprint density at radius 3 is 3.06 bits per heavy atom. The van der Waals surface area contributed by atoms with E-state index in [0.29, 0.717) is 6.04 Å². The fourth-order valence-electron chi connectivity index (χ4n) is 1.77. The molecule has 86 valence electrons. The number of nitrogens with zero attached hydrogens (tertiary/aromatic N) is 2. The van der Waals surface area contributed by atoms with Gasteiger partial charge in [-0.25, -0.2) is 4.98 Å². The number of nitrogens with one attached hydrogen (secondary N) is 1. The van der Waals surface area contributed by atoms with E-state index in [-0.39, 0.29) is 0 Å². The predicted octanol–water partition coefficient (Wildman–Crippen LogP) is 2.60. The Kier molecular flexibility index (Phi) is 3.74. The highest BCUT2D eigenvalue weighted by Crippen LogP contribution is 2.10. The molecule has 16 heavy (non-hydrogen) atoms. The Morgan fingerprint density at radius 2 is 2.44 bits per heavy atom. The lowest BCUT2D eigenvalue weighted by molar-refractivity contribution is 0.485. The highest BCUT2D eigenvalue weighted by Gasteiger charge is 2.06. The van der Waals surface area contributed by atoms with Gasteiger partial charge in [0.2, 0.25) is 0 Å². The molecule has 2 aromatic rings. The first kappa shape index (κ1) is 11.4. The normalized spacial score (nSPS) is 12.9. The van der Waals surface area contributed by atoms with Gasteiger partial charge in [-0.2, -0.15) is 0 Å². The lowest BCUT2D eigenvalue weighted by Gasteiger charge is -2.15. The van der Waals surface area contributed by atoms with Crippen LogP contribution in [0.3, 0.4) is 0 Å². The van der Waals surface area contributed by atoms with E-state index < -0.39 is 0 Å². The van der Waals surface area contributed by atoms with Crippen LogP contribution >= 0.6 is 11.3 Å². The molecular weight excluding hydrogens is 218 g/mol. The van der Waals surface area contributed by atoms with Gasteiger partial charge in [-0.15, -0.1) is 11.3 Å². The van der Waals surface area contributed by atoms with Crippen LogP contribution < -0.4 is 5.32 Å². The Morgan fingerprint density at radius 1 is 1.56 bits per heavy atom. The summed E-state index contributed by atoms with van der Waals surface area (Å²) in [6.07, 6.45) is 3.89. The minimum absolute atomic E-state index is 0.447. The molecule has 0 saturated carbocycles. The summed E-state index contributed by atoms with van der Waals surface area (Å²) in [7, 11) is 0. The quantitative estimate of drug-likeness (QED) is 0.863. The van der Waals surface area contributed by atoms with Gasteiger partial charge in [-0.1, -0.05) is 6.07 Å². The molecule has 0 amide bonds. The topological polar surface area (TPSA) is 29.9 Å². The summed E-state index contributed by atoms with van der Waals surface area (Å²) in [6, 6.07) is 4.69. The van der Waals surface area contributed by atoms with Crippen molar-refractivity contribution in [1.29, 1.82) is 0 Å². The molecule has 3 nitrogen and oxygen atoms in total. The number of thiophene rings is 1. The third kappa shape index (κ3) is 2.71. The number of rotatable bonds is 5. The summed E-state index contributed by atoms with van der Waals surface area (Å²) >= 11 is 1.79. The van der Waals surface area contributed by atoms with E-state index in [2.05, 4.69) is 39.3 Å². The van der Waals surface area contributed by atoms with Gasteiger partial charge in [0, 0.05) is 36.4 Å². The van der Waals surface area contributed by atoms with Gasteiger partial charge in [-0.05, 0) is 25.3 Å². The van der Waals surface area contributed by atoms with E-state index >= 15 is 0 Å². The molecule has 2 rings (SSSR count). The average Bonchev–Trinajstić information content (AvgIpc) is 2.88. The molecule has 0 aliphatic rings. The third-order valence-corrected chi connectivity index (χ3v) is 3.53. The Balaban J connectivity index is 1.80. The highest BCUT2D eigenvalue weighted by molar-refractivity contribution is 7.09. The maximum atomic E-state index is 4.23. The van der Waals surface area contributed by atoms with Crippen LogP contribution in [-0.4, -0.2) is 16.1 Å². The van der Waals surface area contributed by atoms with Crippen molar-refractivity contribution in [3.8, 4) is 0 Å². The maximum absolute atomic E-state index is 4.23. The molecule has 0 spiro atoms. The van der Waals surface area contributed by atoms with Crippen molar-refractivity contribution in [3.63, 3.8) is 0 Å². The molecule has 4 heteroatoms. The van der Waals surface area contributed by atoms with E-state index in [0.717, 1.165) is 18.9 Å². The van der Waals surface area contributed by atoms with E-state index in [1.165, 1.54) is 4.88 Å². The second-order valence-corrected chi connectivity index (χ2v) is 4.97. The fraction of sp³-hybridized carbons (Fsp3) is 0.417. The van der Waals surface area contributed by atoms with Crippen molar-refractivity contribution in [2.45, 2.75) is 26.4 Å². The molecule has 0 aliphatic carbocycles. The van der Waals surface area contributed by atoms with Crippen LogP contribution in [0.15, 0.2) is 29.9 Å². The largest absolute Gasteiger partial charge is 0.331 e. The van der Waals surface area contributed by atoms with Gasteiger partial charge >= 0.3 is 0 Å². The minimum Gasteiger partial charge on any atom is -0.331 e. The molecule has 0 aromatic carbocycles. The van der Waals surface area contributed by atoms with Gasteiger partial charge in [0.05, 0.1) is 0 Å². The number of hydrogen-bond donors (Lipinski definition) is 1. The van der Waals surface area contributed by atoms with Crippen LogP contribution in [0.2, 0.25) is 0 Å². The number of imidazole rings is 1. The monoisotopic (exact) mass is 235 g/mol. The van der Waals surface area contributed by atoms with Gasteiger partial charge < -0.3 is 9.88 Å². The molecule has 1 atom stereocenters. The summed E-state index contributed by atoms with van der Waals surface area (Å²) in [6.45, 7) is 6.16. The molecule has 1 unspecified atom stereocenters. The van der Waals surface area contributed by atoms with Crippen molar-refractivity contribution in [3.05, 3.63) is 40.6 Å². The van der Waals surface area contributed by atoms with Crippen molar-refractivity contribution < 1.29 is 0 Å². The summed E-state index contributed by atoms with van der Waals surface area (Å²) in [5.41, 5.74) is 0. The standard InChI is InChI=1S/C12H17N3S/c1-10(15-6-5-14-11(15)2)8-13-9-12-4-3-7-16-12/h3-7,10,13H,8-9H2,1-2H3. The second kappa shape index (κ2) is 5.27. The van der Waals surface area contributed by atoms with Crippen molar-refractivity contribution in [2.75, 3.05) is 6.54 Å². The Hall–Kier alpha value is -1.13. The van der Waals surface area contributed by atoms with Crippen LogP contribution in [-0.2, 0) is 6.54 Å². The van der Waals surface area contributed by atoms with Gasteiger partial charge in [0.25, 0.3) is 0 Å². The first-order chi connectivity index (χ1) is 7.77. The van der Waals surface area contributed by atoms with E-state index in [9.17, 15) is 0 Å². The van der Waals surface area contributed by atoms with E-state index in [1.807, 2.05) is 19.3 Å². The first-order valence-electron chi connectivity index (χ1n) is 5.50. The molecule has 1 N–H and O–H groups in total. The van der Waals surface area contributed by atoms with E-state index in [4.69, 9.17) is 0 Å². The molecule has 0 saturated heterocycles. The van der Waals surface area contributed by atoms with Crippen LogP contribution in [0, 0.1) is 6.92 Å². The zero-order chi connectivity index (χ0) is 11.4. The van der Waals surface area contributed by atoms with Crippen LogP contribution in [0.4, 0.5) is 0 Å². The zero-order valence-corrected chi connectivity index (χ0v) is 10.5. The van der Waals surface area contributed by atoms with Gasteiger partial charge in [-0.3, -0.25) is 0 Å². The van der Waals surface area contributed by atoms with Gasteiger partial charge in [0.1, 0.15) is 5.82 Å². The average molecular weight is 235 g/mol. The first-order valence-corrected chi connectivity index (χ1v) is 6.38. The Labute approximate surface area is 100 Å². The molecular formula is C12H17N3S. The summed E-state index contributed by atoms with van der Waals surface area (Å²) in [4.78, 5) is 5.62. The molecule has 2 aromatic heterocycles. The molecule has 0 fully saturated rings. The molecule has 0 bridgehead atoms. The highest BCUT2D eigenvalue weighted by atomic mass is 32.1. The lowest BCUT2D eigenvalue weighted by Crippen LogP contribution is -2.23. The van der Waals surface area contributed by atoms with Crippen LogP contribution in [0.1, 0.15) is 23.7 Å². The number of aryl methyl sites for hydroxylation is 1. The number of aromatic nitrogens is 2. The lowest BCUT2D eigenvalue weighted by atomic mass is 10.3. The molecule has 2 heterocycles. The summed E-state index contributed by atoms with van der Waals surface area (Å²) < 4.78 is 2.20. The van der Waals surface area contributed by atoms with E-state index in [1.54, 1.807) is 11.3 Å². The fourth-order valence-corrected chi connectivity index (χ4v) is 2.44. The summed E-state index contributed by atoms with van der Waals surface area (Å²) in [5.74, 6) is 1.07. The molecule has 0 aliphatic heterocycles. The zero-order valence-electron chi connectivity index (χ0n) is 9.68. The molecule has 0 radical (unpaired) electrons. The Bertz CT molecular complexity index is 419. The minimum atomic E-state index is 0.447. The smallest absolute Gasteiger partial charge is 0.105 e. The summed E-state index contributed by atoms with van der Waals surface area (Å²) in [5, 5.41) is 5.58. The van der Waals surface area contributed by atoms with Crippen LogP contribution in [0.25, 0.3) is 0 Å². The second-order valence-electron chi connectivity index (χ2n) is 3.94. The SMILES string of the molecule is Cc1nccn1C(C)CNCc1cccs1. The van der Waals surface area contributed by atoms with Gasteiger partial charge in [0.15, 0.2) is 0 Å². The maximum Gasteiger partial charge on any atom is 0.105 e. The number of hydrogen-bond acceptors (Lipinski definition) is 3. The van der Waals surface area contributed by atoms with Crippen molar-refractivity contribution in [2.24, 2.45) is 0 Å².